The third-order valence-electron chi connectivity index (χ3n) is 12.2. The summed E-state index contributed by atoms with van der Waals surface area (Å²) in [7, 11) is 0. The van der Waals surface area contributed by atoms with Crippen LogP contribution in [0.1, 0.15) is 24.7 Å². The van der Waals surface area contributed by atoms with E-state index in [9.17, 15) is 0 Å². The molecule has 11 aromatic rings. The van der Waals surface area contributed by atoms with E-state index in [1.54, 1.807) is 0 Å². The molecule has 0 aliphatic heterocycles. The molecular formula is C54H35N3OS. The molecule has 8 aromatic carbocycles. The largest absolute Gasteiger partial charge is 0.455 e. The monoisotopic (exact) mass is 773 g/mol. The number of aromatic nitrogens is 3. The van der Waals surface area contributed by atoms with E-state index in [2.05, 4.69) is 183 Å². The number of furan rings is 1. The number of benzene rings is 8. The molecule has 0 radical (unpaired) electrons. The number of nitrogens with zero attached hydrogens (tertiary/aromatic N) is 3. The quantitative estimate of drug-likeness (QED) is 0.175. The van der Waals surface area contributed by atoms with Gasteiger partial charge in [0.1, 0.15) is 11.2 Å². The SMILES string of the molecule is CC1(c2ccccc2)C=CC(c2nc(-c3ccc4ccccc4c3)nc(-c3ccc(-c4cccc5c4sc4c6ccccc6ccc54)c4oc5ccccc5c34)n2)=CC1. The predicted octanol–water partition coefficient (Wildman–Crippen LogP) is 14.7. The molecule has 0 bridgehead atoms. The molecule has 0 saturated carbocycles. The van der Waals surface area contributed by atoms with Crippen molar-refractivity contribution < 1.29 is 4.42 Å². The third kappa shape index (κ3) is 5.46. The lowest BCUT2D eigenvalue weighted by molar-refractivity contribution is 0.601. The lowest BCUT2D eigenvalue weighted by atomic mass is 9.76. The first-order valence-corrected chi connectivity index (χ1v) is 20.9. The lowest BCUT2D eigenvalue weighted by Gasteiger charge is -2.28. The van der Waals surface area contributed by atoms with Gasteiger partial charge in [-0.3, -0.25) is 0 Å². The van der Waals surface area contributed by atoms with Crippen molar-refractivity contribution in [3.63, 3.8) is 0 Å². The van der Waals surface area contributed by atoms with E-state index in [4.69, 9.17) is 19.4 Å². The summed E-state index contributed by atoms with van der Waals surface area (Å²) in [6.07, 6.45) is 7.59. The van der Waals surface area contributed by atoms with E-state index in [-0.39, 0.29) is 5.41 Å². The second-order valence-electron chi connectivity index (χ2n) is 15.8. The van der Waals surface area contributed by atoms with Crippen LogP contribution in [0.4, 0.5) is 0 Å². The number of para-hydroxylation sites is 1. The normalized spacial score (nSPS) is 15.6. The number of hydrogen-bond acceptors (Lipinski definition) is 5. The Balaban J connectivity index is 1.07. The van der Waals surface area contributed by atoms with Gasteiger partial charge < -0.3 is 4.42 Å². The van der Waals surface area contributed by atoms with Crippen molar-refractivity contribution in [2.24, 2.45) is 0 Å². The van der Waals surface area contributed by atoms with Gasteiger partial charge in [-0.1, -0.05) is 165 Å². The van der Waals surface area contributed by atoms with E-state index < -0.39 is 0 Å². The van der Waals surface area contributed by atoms with Crippen molar-refractivity contribution in [3.05, 3.63) is 193 Å². The van der Waals surface area contributed by atoms with Gasteiger partial charge >= 0.3 is 0 Å². The second-order valence-corrected chi connectivity index (χ2v) is 16.8. The van der Waals surface area contributed by atoms with E-state index in [0.717, 1.165) is 61.6 Å². The number of thiophene rings is 1. The maximum absolute atomic E-state index is 6.88. The summed E-state index contributed by atoms with van der Waals surface area (Å²) in [4.78, 5) is 15.8. The number of rotatable bonds is 5. The van der Waals surface area contributed by atoms with Gasteiger partial charge in [0.15, 0.2) is 17.5 Å². The summed E-state index contributed by atoms with van der Waals surface area (Å²) in [6, 6.07) is 58.0. The smallest absolute Gasteiger partial charge is 0.164 e. The zero-order valence-electron chi connectivity index (χ0n) is 32.2. The standard InChI is InChI=1S/C54H35N3OS/c1-54(38-15-3-2-4-16-38)30-28-35(29-31-54)51-55-52(37-23-22-33-12-5-6-14-36(33)32-37)57-53(56-51)45-27-26-40(48-47(45)44-18-9-10-21-46(44)58-48)41-19-11-20-42-43-25-24-34-13-7-8-17-39(34)49(43)59-50(41)42/h2-30,32H,31H2,1H3. The Labute approximate surface area is 344 Å². The zero-order valence-corrected chi connectivity index (χ0v) is 33.0. The van der Waals surface area contributed by atoms with E-state index >= 15 is 0 Å². The van der Waals surface area contributed by atoms with Crippen molar-refractivity contribution in [2.45, 2.75) is 18.8 Å². The molecule has 0 amide bonds. The van der Waals surface area contributed by atoms with Crippen molar-refractivity contribution in [1.29, 1.82) is 0 Å². The Morgan fingerprint density at radius 3 is 2.08 bits per heavy atom. The molecule has 1 atom stereocenters. The molecule has 59 heavy (non-hydrogen) atoms. The molecule has 0 N–H and O–H groups in total. The number of hydrogen-bond donors (Lipinski definition) is 0. The van der Waals surface area contributed by atoms with Crippen LogP contribution in [0, 0.1) is 0 Å². The third-order valence-corrected chi connectivity index (χ3v) is 13.4. The molecule has 0 saturated heterocycles. The molecule has 12 rings (SSSR count). The van der Waals surface area contributed by atoms with Crippen molar-refractivity contribution >= 4 is 80.6 Å². The van der Waals surface area contributed by atoms with Gasteiger partial charge in [-0.15, -0.1) is 11.3 Å². The highest BCUT2D eigenvalue weighted by Crippen LogP contribution is 2.47. The number of allylic oxidation sites excluding steroid dienone is 4. The zero-order chi connectivity index (χ0) is 39.1. The summed E-state index contributed by atoms with van der Waals surface area (Å²) < 4.78 is 9.43. The van der Waals surface area contributed by atoms with Gasteiger partial charge in [-0.05, 0) is 57.8 Å². The van der Waals surface area contributed by atoms with Gasteiger partial charge in [0.05, 0.1) is 0 Å². The van der Waals surface area contributed by atoms with Crippen LogP contribution in [-0.2, 0) is 5.41 Å². The molecular weight excluding hydrogens is 739 g/mol. The van der Waals surface area contributed by atoms with Gasteiger partial charge in [-0.25, -0.2) is 15.0 Å². The van der Waals surface area contributed by atoms with Crippen LogP contribution < -0.4 is 0 Å². The van der Waals surface area contributed by atoms with E-state index in [1.165, 1.54) is 41.9 Å². The van der Waals surface area contributed by atoms with Crippen molar-refractivity contribution in [1.82, 2.24) is 15.0 Å². The van der Waals surface area contributed by atoms with Gasteiger partial charge in [0, 0.05) is 64.2 Å². The minimum absolute atomic E-state index is 0.121. The Bertz CT molecular complexity index is 3560. The van der Waals surface area contributed by atoms with Crippen LogP contribution in [0.2, 0.25) is 0 Å². The first-order valence-electron chi connectivity index (χ1n) is 20.1. The van der Waals surface area contributed by atoms with Crippen LogP contribution in [0.15, 0.2) is 186 Å². The van der Waals surface area contributed by atoms with Crippen molar-refractivity contribution in [3.8, 4) is 33.9 Å². The van der Waals surface area contributed by atoms with Gasteiger partial charge in [-0.2, -0.15) is 0 Å². The average molecular weight is 774 g/mol. The topological polar surface area (TPSA) is 51.8 Å². The molecule has 4 nitrogen and oxygen atoms in total. The summed E-state index contributed by atoms with van der Waals surface area (Å²) in [5.74, 6) is 1.89. The molecule has 3 aromatic heterocycles. The first kappa shape index (κ1) is 33.9. The number of fused-ring (bicyclic) bond motifs is 9. The Morgan fingerprint density at radius 2 is 1.22 bits per heavy atom. The van der Waals surface area contributed by atoms with Crippen LogP contribution in [0.3, 0.4) is 0 Å². The second kappa shape index (κ2) is 13.2. The highest BCUT2D eigenvalue weighted by molar-refractivity contribution is 7.27. The van der Waals surface area contributed by atoms with E-state index in [0.29, 0.717) is 17.5 Å². The Morgan fingerprint density at radius 1 is 0.525 bits per heavy atom. The Hall–Kier alpha value is -7.21. The molecule has 0 spiro atoms. The lowest BCUT2D eigenvalue weighted by Crippen LogP contribution is -2.20. The van der Waals surface area contributed by atoms with Crippen LogP contribution in [0.5, 0.6) is 0 Å². The van der Waals surface area contributed by atoms with Crippen LogP contribution >= 0.6 is 11.3 Å². The first-order chi connectivity index (χ1) is 29.1. The summed E-state index contributed by atoms with van der Waals surface area (Å²) >= 11 is 1.86. The molecule has 1 unspecified atom stereocenters. The average Bonchev–Trinajstić information content (AvgIpc) is 3.89. The fourth-order valence-electron chi connectivity index (χ4n) is 8.98. The maximum atomic E-state index is 6.88. The van der Waals surface area contributed by atoms with Crippen LogP contribution in [-0.4, -0.2) is 15.0 Å². The van der Waals surface area contributed by atoms with Gasteiger partial charge in [0.25, 0.3) is 0 Å². The summed E-state index contributed by atoms with van der Waals surface area (Å²) in [6.45, 7) is 2.29. The van der Waals surface area contributed by atoms with E-state index in [1.807, 2.05) is 17.4 Å². The fraction of sp³-hybridized carbons (Fsp3) is 0.0556. The minimum atomic E-state index is -0.121. The predicted molar refractivity (Wildman–Crippen MR) is 247 cm³/mol. The molecule has 1 aliphatic rings. The summed E-state index contributed by atoms with van der Waals surface area (Å²) in [5, 5.41) is 9.39. The van der Waals surface area contributed by atoms with Crippen LogP contribution in [0.25, 0.3) is 103 Å². The molecule has 0 fully saturated rings. The highest BCUT2D eigenvalue weighted by Gasteiger charge is 2.27. The fourth-order valence-corrected chi connectivity index (χ4v) is 10.3. The van der Waals surface area contributed by atoms with Crippen molar-refractivity contribution in [2.75, 3.05) is 0 Å². The molecule has 1 aliphatic carbocycles. The highest BCUT2D eigenvalue weighted by atomic mass is 32.1. The molecule has 3 heterocycles. The molecule has 5 heteroatoms. The molecule has 278 valence electrons. The maximum Gasteiger partial charge on any atom is 0.164 e. The Kier molecular flexibility index (Phi) is 7.56. The summed E-state index contributed by atoms with van der Waals surface area (Å²) in [5.41, 5.74) is 7.84. The van der Waals surface area contributed by atoms with Gasteiger partial charge in [0.2, 0.25) is 0 Å². The minimum Gasteiger partial charge on any atom is -0.455 e.